The molecule has 0 unspecified atom stereocenters. The number of rotatable bonds is 5. The highest BCUT2D eigenvalue weighted by Crippen LogP contribution is 2.35. The molecule has 1 aliphatic heterocycles. The van der Waals surface area contributed by atoms with Gasteiger partial charge in [0.15, 0.2) is 11.5 Å². The first-order chi connectivity index (χ1) is 9.30. The van der Waals surface area contributed by atoms with Gasteiger partial charge in [-0.05, 0) is 12.1 Å². The van der Waals surface area contributed by atoms with Crippen molar-refractivity contribution in [3.8, 4) is 11.5 Å². The van der Waals surface area contributed by atoms with E-state index in [-0.39, 0.29) is 25.3 Å². The van der Waals surface area contributed by atoms with E-state index in [1.54, 1.807) is 0 Å². The number of alkyl halides is 3. The first kappa shape index (κ1) is 14.4. The van der Waals surface area contributed by atoms with Crippen LogP contribution in [0.2, 0.25) is 0 Å². The molecule has 8 heteroatoms. The summed E-state index contributed by atoms with van der Waals surface area (Å²) in [5.74, 6) is -1.70. The smallest absolute Gasteiger partial charge is 0.481 e. The lowest BCUT2D eigenvalue weighted by atomic mass is 9.92. The van der Waals surface area contributed by atoms with E-state index in [1.807, 2.05) is 0 Å². The van der Waals surface area contributed by atoms with Crippen molar-refractivity contribution in [2.45, 2.75) is 18.4 Å². The Labute approximate surface area is 112 Å². The fourth-order valence-electron chi connectivity index (χ4n) is 1.89. The van der Waals surface area contributed by atoms with Gasteiger partial charge in [0.25, 0.3) is 0 Å². The number of carboxylic acid groups (broad SMARTS) is 1. The molecule has 0 spiro atoms. The number of benzene rings is 1. The normalized spacial score (nSPS) is 17.1. The van der Waals surface area contributed by atoms with Crippen molar-refractivity contribution in [3.63, 3.8) is 0 Å². The molecule has 0 amide bonds. The van der Waals surface area contributed by atoms with Crippen molar-refractivity contribution in [1.29, 1.82) is 0 Å². The van der Waals surface area contributed by atoms with E-state index in [4.69, 9.17) is 9.84 Å². The van der Waals surface area contributed by atoms with Gasteiger partial charge < -0.3 is 19.9 Å². The van der Waals surface area contributed by atoms with E-state index < -0.39 is 23.7 Å². The molecule has 1 fully saturated rings. The maximum absolute atomic E-state index is 12.3. The molecule has 0 radical (unpaired) electrons. The summed E-state index contributed by atoms with van der Waals surface area (Å²) in [7, 11) is 0. The molecule has 2 N–H and O–H groups in total. The Morgan fingerprint density at radius 2 is 1.90 bits per heavy atom. The average molecular weight is 291 g/mol. The second kappa shape index (κ2) is 5.20. The molecule has 0 aromatic heterocycles. The fourth-order valence-corrected chi connectivity index (χ4v) is 1.89. The van der Waals surface area contributed by atoms with Crippen LogP contribution in [0.3, 0.4) is 0 Å². The second-order valence-corrected chi connectivity index (χ2v) is 4.45. The molecule has 110 valence electrons. The number of aliphatic carboxylic acids is 1. The van der Waals surface area contributed by atoms with Crippen LogP contribution in [0.25, 0.3) is 0 Å². The van der Waals surface area contributed by atoms with Crippen molar-refractivity contribution in [2.75, 3.05) is 13.1 Å². The third-order valence-electron chi connectivity index (χ3n) is 2.77. The molecular weight excluding hydrogens is 279 g/mol. The van der Waals surface area contributed by atoms with Gasteiger partial charge in [-0.3, -0.25) is 4.79 Å². The van der Waals surface area contributed by atoms with Gasteiger partial charge in [0.2, 0.25) is 0 Å². The number of ether oxygens (including phenoxy) is 2. The quantitative estimate of drug-likeness (QED) is 0.865. The Bertz CT molecular complexity index is 500. The van der Waals surface area contributed by atoms with Crippen LogP contribution in [0.5, 0.6) is 11.5 Å². The third kappa shape index (κ3) is 3.53. The highest BCUT2D eigenvalue weighted by molar-refractivity contribution is 5.68. The zero-order chi connectivity index (χ0) is 14.8. The molecule has 2 rings (SSSR count). The Hall–Kier alpha value is -1.96. The zero-order valence-corrected chi connectivity index (χ0v) is 10.2. The Kier molecular flexibility index (Phi) is 3.76. The van der Waals surface area contributed by atoms with E-state index in [9.17, 15) is 18.0 Å². The molecule has 0 atom stereocenters. The lowest BCUT2D eigenvalue weighted by Crippen LogP contribution is -2.64. The van der Waals surface area contributed by atoms with Crippen LogP contribution in [-0.4, -0.2) is 36.1 Å². The molecule has 5 nitrogen and oxygen atoms in total. The topological polar surface area (TPSA) is 67.8 Å². The number of para-hydroxylation sites is 2. The summed E-state index contributed by atoms with van der Waals surface area (Å²) >= 11 is 0. The van der Waals surface area contributed by atoms with Crippen molar-refractivity contribution < 1.29 is 32.5 Å². The maximum atomic E-state index is 12.3. The molecule has 20 heavy (non-hydrogen) atoms. The summed E-state index contributed by atoms with van der Waals surface area (Å²) in [6.07, 6.45) is -5.14. The van der Waals surface area contributed by atoms with Gasteiger partial charge in [0, 0.05) is 13.1 Å². The van der Waals surface area contributed by atoms with Crippen LogP contribution in [0, 0.1) is 0 Å². The number of carbonyl (C=O) groups is 1. The Morgan fingerprint density at radius 3 is 2.35 bits per heavy atom. The molecule has 1 aromatic rings. The highest BCUT2D eigenvalue weighted by Gasteiger charge is 2.42. The van der Waals surface area contributed by atoms with Crippen molar-refractivity contribution >= 4 is 5.97 Å². The molecule has 0 bridgehead atoms. The molecule has 1 saturated heterocycles. The van der Waals surface area contributed by atoms with Gasteiger partial charge in [0.05, 0.1) is 6.42 Å². The zero-order valence-electron chi connectivity index (χ0n) is 10.2. The van der Waals surface area contributed by atoms with Gasteiger partial charge in [-0.25, -0.2) is 0 Å². The minimum atomic E-state index is -4.84. The standard InChI is InChI=1S/C12H12F3NO4/c13-12(14,15)20-9-4-2-1-3-8(9)19-11(5-10(17)18)6-16-7-11/h1-4,16H,5-7H2,(H,17,18). The third-order valence-corrected chi connectivity index (χ3v) is 2.77. The predicted octanol–water partition coefficient (Wildman–Crippen LogP) is 1.78. The lowest BCUT2D eigenvalue weighted by Gasteiger charge is -2.41. The SMILES string of the molecule is O=C(O)CC1(Oc2ccccc2OC(F)(F)F)CNC1. The average Bonchev–Trinajstić information content (AvgIpc) is 2.26. The molecule has 1 aromatic carbocycles. The van der Waals surface area contributed by atoms with Crippen molar-refractivity contribution in [3.05, 3.63) is 24.3 Å². The minimum absolute atomic E-state index is 0.132. The van der Waals surface area contributed by atoms with E-state index in [2.05, 4.69) is 10.1 Å². The summed E-state index contributed by atoms with van der Waals surface area (Å²) in [5, 5.41) is 11.7. The maximum Gasteiger partial charge on any atom is 0.573 e. The predicted molar refractivity (Wildman–Crippen MR) is 61.6 cm³/mol. The van der Waals surface area contributed by atoms with E-state index in [0.717, 1.165) is 6.07 Å². The summed E-state index contributed by atoms with van der Waals surface area (Å²) < 4.78 is 46.1. The first-order valence-corrected chi connectivity index (χ1v) is 5.76. The summed E-state index contributed by atoms with van der Waals surface area (Å²) in [4.78, 5) is 10.8. The van der Waals surface area contributed by atoms with Crippen LogP contribution >= 0.6 is 0 Å². The van der Waals surface area contributed by atoms with Gasteiger partial charge in [-0.1, -0.05) is 12.1 Å². The molecule has 0 saturated carbocycles. The van der Waals surface area contributed by atoms with Gasteiger partial charge >= 0.3 is 12.3 Å². The Balaban J connectivity index is 2.18. The van der Waals surface area contributed by atoms with Gasteiger partial charge in [-0.2, -0.15) is 0 Å². The lowest BCUT2D eigenvalue weighted by molar-refractivity contribution is -0.275. The van der Waals surface area contributed by atoms with Crippen LogP contribution in [-0.2, 0) is 4.79 Å². The first-order valence-electron chi connectivity index (χ1n) is 5.76. The number of hydrogen-bond donors (Lipinski definition) is 2. The molecule has 1 heterocycles. The summed E-state index contributed by atoms with van der Waals surface area (Å²) in [5.41, 5.74) is -1.04. The van der Waals surface area contributed by atoms with E-state index in [0.29, 0.717) is 0 Å². The minimum Gasteiger partial charge on any atom is -0.481 e. The van der Waals surface area contributed by atoms with E-state index >= 15 is 0 Å². The van der Waals surface area contributed by atoms with Crippen LogP contribution in [0.4, 0.5) is 13.2 Å². The van der Waals surface area contributed by atoms with Crippen LogP contribution in [0.1, 0.15) is 6.42 Å². The largest absolute Gasteiger partial charge is 0.573 e. The van der Waals surface area contributed by atoms with E-state index in [1.165, 1.54) is 18.2 Å². The van der Waals surface area contributed by atoms with Gasteiger partial charge in [-0.15, -0.1) is 13.2 Å². The summed E-state index contributed by atoms with van der Waals surface area (Å²) in [6.45, 7) is 0.499. The van der Waals surface area contributed by atoms with Gasteiger partial charge in [0.1, 0.15) is 5.60 Å². The second-order valence-electron chi connectivity index (χ2n) is 4.45. The molecule has 0 aliphatic carbocycles. The Morgan fingerprint density at radius 1 is 1.30 bits per heavy atom. The monoisotopic (exact) mass is 291 g/mol. The van der Waals surface area contributed by atoms with Crippen molar-refractivity contribution in [1.82, 2.24) is 5.32 Å². The van der Waals surface area contributed by atoms with Crippen LogP contribution < -0.4 is 14.8 Å². The number of hydrogen-bond acceptors (Lipinski definition) is 4. The van der Waals surface area contributed by atoms with Crippen LogP contribution in [0.15, 0.2) is 24.3 Å². The molecular formula is C12H12F3NO4. The number of halogens is 3. The highest BCUT2D eigenvalue weighted by atomic mass is 19.4. The molecule has 1 aliphatic rings. The fraction of sp³-hybridized carbons (Fsp3) is 0.417. The summed E-state index contributed by atoms with van der Waals surface area (Å²) in [6, 6.07) is 5.28. The number of carboxylic acids is 1. The van der Waals surface area contributed by atoms with Crippen molar-refractivity contribution in [2.24, 2.45) is 0 Å². The number of nitrogens with one attached hydrogen (secondary N) is 1.